The Bertz CT molecular complexity index is 577. The lowest BCUT2D eigenvalue weighted by molar-refractivity contribution is -0.266. The summed E-state index contributed by atoms with van der Waals surface area (Å²) in [6.07, 6.45) is 0.136. The van der Waals surface area contributed by atoms with E-state index < -0.39 is 17.7 Å². The quantitative estimate of drug-likeness (QED) is 0.868. The Morgan fingerprint density at radius 3 is 2.86 bits per heavy atom. The van der Waals surface area contributed by atoms with Crippen molar-refractivity contribution in [2.75, 3.05) is 5.75 Å². The fourth-order valence-electron chi connectivity index (χ4n) is 3.67. The summed E-state index contributed by atoms with van der Waals surface area (Å²) in [5.74, 6) is -0.471. The van der Waals surface area contributed by atoms with Crippen molar-refractivity contribution in [2.24, 2.45) is 11.8 Å². The first kappa shape index (κ1) is 13.8. The van der Waals surface area contributed by atoms with Crippen LogP contribution in [-0.4, -0.2) is 34.3 Å². The molecule has 4 rings (SSSR count). The van der Waals surface area contributed by atoms with E-state index >= 15 is 0 Å². The number of Topliss-reactive ketones (excluding diaryl/α,β-unsaturated/α-hetero) is 1. The van der Waals surface area contributed by atoms with E-state index in [0.717, 1.165) is 5.75 Å². The maximum Gasteiger partial charge on any atom is 0.198 e. The molecule has 3 bridgehead atoms. The molecule has 1 aromatic carbocycles. The number of fused-ring (bicyclic) bond motifs is 2. The molecule has 0 amide bonds. The first-order valence-electron chi connectivity index (χ1n) is 7.29. The second kappa shape index (κ2) is 4.56. The number of thioether (sulfide) groups is 1. The van der Waals surface area contributed by atoms with Crippen LogP contribution < -0.4 is 0 Å². The van der Waals surface area contributed by atoms with Crippen molar-refractivity contribution in [3.05, 3.63) is 30.3 Å². The van der Waals surface area contributed by atoms with Crippen LogP contribution in [0.5, 0.6) is 0 Å². The fourth-order valence-corrected chi connectivity index (χ4v) is 4.79. The van der Waals surface area contributed by atoms with Crippen LogP contribution in [0, 0.1) is 11.8 Å². The summed E-state index contributed by atoms with van der Waals surface area (Å²) in [5.41, 5.74) is -0.878. The molecule has 1 aliphatic carbocycles. The number of ketones is 1. The average molecular weight is 306 g/mol. The zero-order valence-corrected chi connectivity index (χ0v) is 12.6. The van der Waals surface area contributed by atoms with E-state index in [1.807, 2.05) is 18.2 Å². The van der Waals surface area contributed by atoms with Crippen molar-refractivity contribution < 1.29 is 19.4 Å². The maximum absolute atomic E-state index is 12.4. The van der Waals surface area contributed by atoms with E-state index in [1.165, 1.54) is 4.90 Å². The van der Waals surface area contributed by atoms with Crippen LogP contribution in [0.2, 0.25) is 0 Å². The molecule has 4 nitrogen and oxygen atoms in total. The van der Waals surface area contributed by atoms with Crippen LogP contribution in [0.4, 0.5) is 0 Å². The Hall–Kier alpha value is -0.880. The van der Waals surface area contributed by atoms with Crippen LogP contribution in [0.1, 0.15) is 19.8 Å². The third-order valence-corrected chi connectivity index (χ3v) is 6.14. The summed E-state index contributed by atoms with van der Waals surface area (Å²) < 4.78 is 11.7. The monoisotopic (exact) mass is 306 g/mol. The van der Waals surface area contributed by atoms with E-state index in [4.69, 9.17) is 9.47 Å². The minimum absolute atomic E-state index is 0.00676. The van der Waals surface area contributed by atoms with Crippen molar-refractivity contribution >= 4 is 17.5 Å². The largest absolute Gasteiger partial charge is 0.363 e. The van der Waals surface area contributed by atoms with Gasteiger partial charge in [-0.15, -0.1) is 11.8 Å². The van der Waals surface area contributed by atoms with Crippen molar-refractivity contribution in [1.29, 1.82) is 0 Å². The number of rotatable bonds is 3. The van der Waals surface area contributed by atoms with Gasteiger partial charge in [0.15, 0.2) is 12.1 Å². The Labute approximate surface area is 127 Å². The molecule has 5 heteroatoms. The maximum atomic E-state index is 12.4. The summed E-state index contributed by atoms with van der Waals surface area (Å²) in [7, 11) is 0. The molecule has 2 aliphatic heterocycles. The van der Waals surface area contributed by atoms with Gasteiger partial charge in [-0.1, -0.05) is 18.2 Å². The zero-order valence-electron chi connectivity index (χ0n) is 11.8. The molecule has 1 aromatic rings. The fraction of sp³-hybridized carbons (Fsp3) is 0.562. The van der Waals surface area contributed by atoms with E-state index in [9.17, 15) is 9.90 Å². The van der Waals surface area contributed by atoms with E-state index in [0.29, 0.717) is 6.42 Å². The highest BCUT2D eigenvalue weighted by atomic mass is 32.2. The van der Waals surface area contributed by atoms with Gasteiger partial charge in [0, 0.05) is 35.3 Å². The van der Waals surface area contributed by atoms with Crippen LogP contribution >= 0.6 is 11.8 Å². The Morgan fingerprint density at radius 2 is 2.10 bits per heavy atom. The molecular weight excluding hydrogens is 288 g/mol. The molecule has 112 valence electrons. The molecule has 2 saturated heterocycles. The number of ether oxygens (including phenoxy) is 2. The van der Waals surface area contributed by atoms with Gasteiger partial charge in [0.25, 0.3) is 0 Å². The second-order valence-electron chi connectivity index (χ2n) is 6.36. The molecular formula is C16H18O4S. The van der Waals surface area contributed by atoms with Crippen molar-refractivity contribution in [3.63, 3.8) is 0 Å². The van der Waals surface area contributed by atoms with Crippen molar-refractivity contribution in [3.8, 4) is 0 Å². The molecule has 0 radical (unpaired) electrons. The highest BCUT2D eigenvalue weighted by Gasteiger charge is 2.69. The zero-order chi connectivity index (χ0) is 14.7. The first-order valence-corrected chi connectivity index (χ1v) is 8.28. The molecule has 5 atom stereocenters. The molecule has 21 heavy (non-hydrogen) atoms. The molecule has 0 aromatic heterocycles. The Balaban J connectivity index is 1.56. The summed E-state index contributed by atoms with van der Waals surface area (Å²) in [4.78, 5) is 13.5. The van der Waals surface area contributed by atoms with Gasteiger partial charge in [-0.05, 0) is 19.1 Å². The summed E-state index contributed by atoms with van der Waals surface area (Å²) >= 11 is 1.71. The van der Waals surface area contributed by atoms with E-state index in [-0.39, 0.29) is 24.0 Å². The van der Waals surface area contributed by atoms with Gasteiger partial charge >= 0.3 is 0 Å². The SMILES string of the molecule is C[C@]12CC(=O)[C@H]3C[C@@]1(O)O[C@@H](O2)[C@@H]3CSc1ccccc1. The van der Waals surface area contributed by atoms with E-state index in [2.05, 4.69) is 12.1 Å². The molecule has 2 heterocycles. The third kappa shape index (κ3) is 1.99. The highest BCUT2D eigenvalue weighted by molar-refractivity contribution is 7.99. The number of hydrogen-bond acceptors (Lipinski definition) is 5. The average Bonchev–Trinajstić information content (AvgIpc) is 2.61. The topological polar surface area (TPSA) is 55.8 Å². The molecule has 0 unspecified atom stereocenters. The highest BCUT2D eigenvalue weighted by Crippen LogP contribution is 2.56. The minimum Gasteiger partial charge on any atom is -0.363 e. The standard InChI is InChI=1S/C16H18O4S/c1-15-8-13(17)11-7-16(15,18)20-14(19-15)12(11)9-21-10-5-3-2-4-6-10/h2-6,11-12,14,18H,7-9H2,1H3/t11-,12+,14+,15-,16+/m0/s1. The van der Waals surface area contributed by atoms with Crippen LogP contribution in [0.3, 0.4) is 0 Å². The normalized spacial score (nSPS) is 44.3. The third-order valence-electron chi connectivity index (χ3n) is 4.99. The lowest BCUT2D eigenvalue weighted by atomic mass is 9.70. The smallest absolute Gasteiger partial charge is 0.198 e. The predicted octanol–water partition coefficient (Wildman–Crippen LogP) is 2.21. The van der Waals surface area contributed by atoms with Gasteiger partial charge in [-0.25, -0.2) is 0 Å². The lowest BCUT2D eigenvalue weighted by Gasteiger charge is -2.45. The van der Waals surface area contributed by atoms with Crippen LogP contribution in [0.15, 0.2) is 35.2 Å². The molecule has 1 N–H and O–H groups in total. The number of carbonyl (C=O) groups excluding carboxylic acids is 1. The minimum atomic E-state index is -1.29. The van der Waals surface area contributed by atoms with Gasteiger partial charge in [0.05, 0.1) is 0 Å². The van der Waals surface area contributed by atoms with Gasteiger partial charge in [0.2, 0.25) is 0 Å². The predicted molar refractivity (Wildman–Crippen MR) is 77.7 cm³/mol. The Kier molecular flexibility index (Phi) is 2.99. The number of benzene rings is 1. The number of aliphatic hydroxyl groups is 1. The number of carbonyl (C=O) groups is 1. The summed E-state index contributed by atoms with van der Waals surface area (Å²) in [6.45, 7) is 1.79. The summed E-state index contributed by atoms with van der Waals surface area (Å²) in [5, 5.41) is 10.6. The van der Waals surface area contributed by atoms with Crippen LogP contribution in [-0.2, 0) is 14.3 Å². The van der Waals surface area contributed by atoms with Crippen molar-refractivity contribution in [2.45, 2.75) is 42.3 Å². The molecule has 1 saturated carbocycles. The van der Waals surface area contributed by atoms with E-state index in [1.54, 1.807) is 18.7 Å². The van der Waals surface area contributed by atoms with Gasteiger partial charge in [-0.3, -0.25) is 4.79 Å². The van der Waals surface area contributed by atoms with Gasteiger partial charge in [-0.2, -0.15) is 0 Å². The van der Waals surface area contributed by atoms with Crippen LogP contribution in [0.25, 0.3) is 0 Å². The lowest BCUT2D eigenvalue weighted by Crippen LogP contribution is -2.59. The second-order valence-corrected chi connectivity index (χ2v) is 7.45. The number of hydrogen-bond donors (Lipinski definition) is 1. The molecule has 3 fully saturated rings. The van der Waals surface area contributed by atoms with Gasteiger partial charge < -0.3 is 14.6 Å². The van der Waals surface area contributed by atoms with Crippen molar-refractivity contribution in [1.82, 2.24) is 0 Å². The molecule has 3 aliphatic rings. The Morgan fingerprint density at radius 1 is 1.33 bits per heavy atom. The molecule has 0 spiro atoms. The summed E-state index contributed by atoms with van der Waals surface area (Å²) in [6, 6.07) is 10.1. The van der Waals surface area contributed by atoms with Gasteiger partial charge in [0.1, 0.15) is 11.4 Å². The first-order chi connectivity index (χ1) is 10.0.